The fraction of sp³-hybridized carbons (Fsp3) is 0.583. The van der Waals surface area contributed by atoms with Crippen molar-refractivity contribution in [1.29, 1.82) is 0 Å². The van der Waals surface area contributed by atoms with Crippen molar-refractivity contribution in [2.75, 3.05) is 13.2 Å². The average molecular weight is 321 g/mol. The molecule has 8 heteroatoms. The monoisotopic (exact) mass is 321 g/mol. The van der Waals surface area contributed by atoms with Crippen LogP contribution in [0.15, 0.2) is 16.3 Å². The number of aliphatic hydroxyl groups is 1. The Balaban J connectivity index is 2.70. The number of aliphatic hydroxyl groups excluding tert-OH is 1. The fourth-order valence-corrected chi connectivity index (χ4v) is 4.05. The molecule has 0 bridgehead atoms. The number of carboxylic acids is 1. The van der Waals surface area contributed by atoms with Crippen molar-refractivity contribution in [2.45, 2.75) is 31.1 Å². The zero-order chi connectivity index (χ0) is 15.2. The third kappa shape index (κ3) is 4.86. The first kappa shape index (κ1) is 17.1. The number of carbonyl (C=O) groups is 1. The minimum absolute atomic E-state index is 0.00848. The van der Waals surface area contributed by atoms with Crippen LogP contribution >= 0.6 is 11.3 Å². The van der Waals surface area contributed by atoms with Crippen LogP contribution in [0.25, 0.3) is 0 Å². The molecule has 3 N–H and O–H groups in total. The van der Waals surface area contributed by atoms with Gasteiger partial charge < -0.3 is 10.2 Å². The van der Waals surface area contributed by atoms with Gasteiger partial charge in [-0.3, -0.25) is 0 Å². The lowest BCUT2D eigenvalue weighted by Crippen LogP contribution is -2.29. The summed E-state index contributed by atoms with van der Waals surface area (Å²) in [7, 11) is -3.69. The first-order chi connectivity index (χ1) is 9.40. The molecule has 0 aliphatic heterocycles. The second-order valence-corrected chi connectivity index (χ2v) is 7.15. The molecule has 1 aromatic heterocycles. The van der Waals surface area contributed by atoms with Gasteiger partial charge in [0.2, 0.25) is 10.0 Å². The Hall–Kier alpha value is -0.960. The van der Waals surface area contributed by atoms with Crippen molar-refractivity contribution in [1.82, 2.24) is 4.72 Å². The predicted octanol–water partition coefficient (Wildman–Crippen LogP) is 1.52. The van der Waals surface area contributed by atoms with E-state index in [1.807, 2.05) is 6.92 Å². The largest absolute Gasteiger partial charge is 0.477 e. The number of carboxylic acid groups (broad SMARTS) is 1. The van der Waals surface area contributed by atoms with E-state index in [0.29, 0.717) is 6.42 Å². The molecular weight excluding hydrogens is 302 g/mol. The van der Waals surface area contributed by atoms with E-state index in [0.717, 1.165) is 30.2 Å². The van der Waals surface area contributed by atoms with Crippen LogP contribution in [0.2, 0.25) is 0 Å². The molecule has 1 heterocycles. The highest BCUT2D eigenvalue weighted by Crippen LogP contribution is 2.19. The molecule has 1 rings (SSSR count). The molecule has 1 unspecified atom stereocenters. The Labute approximate surface area is 122 Å². The van der Waals surface area contributed by atoms with Crippen molar-refractivity contribution >= 4 is 27.3 Å². The van der Waals surface area contributed by atoms with E-state index < -0.39 is 16.0 Å². The molecule has 0 radical (unpaired) electrons. The lowest BCUT2D eigenvalue weighted by molar-refractivity contribution is 0.0702. The van der Waals surface area contributed by atoms with E-state index in [9.17, 15) is 13.2 Å². The molecule has 0 saturated heterocycles. The van der Waals surface area contributed by atoms with Crippen LogP contribution in [0.5, 0.6) is 0 Å². The first-order valence-corrected chi connectivity index (χ1v) is 8.69. The first-order valence-electron chi connectivity index (χ1n) is 6.33. The van der Waals surface area contributed by atoms with Crippen LogP contribution < -0.4 is 4.72 Å². The minimum atomic E-state index is -3.69. The van der Waals surface area contributed by atoms with E-state index in [-0.39, 0.29) is 28.8 Å². The van der Waals surface area contributed by atoms with Gasteiger partial charge in [0.25, 0.3) is 0 Å². The van der Waals surface area contributed by atoms with Crippen LogP contribution in [-0.4, -0.2) is 37.8 Å². The SMILES string of the molecule is CCCC(CCO)CNS(=O)(=O)c1csc(C(=O)O)c1. The third-order valence-corrected chi connectivity index (χ3v) is 5.36. The highest BCUT2D eigenvalue weighted by molar-refractivity contribution is 7.89. The second-order valence-electron chi connectivity index (χ2n) is 4.47. The summed E-state index contributed by atoms with van der Waals surface area (Å²) in [5.74, 6) is -1.06. The zero-order valence-electron chi connectivity index (χ0n) is 11.2. The number of aromatic carboxylic acids is 1. The van der Waals surface area contributed by atoms with Crippen LogP contribution in [0.3, 0.4) is 0 Å². The van der Waals surface area contributed by atoms with E-state index in [1.54, 1.807) is 0 Å². The third-order valence-electron chi connectivity index (χ3n) is 2.89. The van der Waals surface area contributed by atoms with Gasteiger partial charge in [-0.1, -0.05) is 13.3 Å². The summed E-state index contributed by atoms with van der Waals surface area (Å²) < 4.78 is 26.5. The maximum Gasteiger partial charge on any atom is 0.345 e. The Morgan fingerprint density at radius 3 is 2.65 bits per heavy atom. The van der Waals surface area contributed by atoms with E-state index >= 15 is 0 Å². The van der Waals surface area contributed by atoms with Crippen molar-refractivity contribution in [3.63, 3.8) is 0 Å². The molecule has 0 fully saturated rings. The van der Waals surface area contributed by atoms with Crippen molar-refractivity contribution in [3.05, 3.63) is 16.3 Å². The number of nitrogens with one attached hydrogen (secondary N) is 1. The van der Waals surface area contributed by atoms with Crippen LogP contribution in [0, 0.1) is 5.92 Å². The zero-order valence-corrected chi connectivity index (χ0v) is 12.8. The summed E-state index contributed by atoms with van der Waals surface area (Å²) in [5, 5.41) is 19.0. The minimum Gasteiger partial charge on any atom is -0.477 e. The lowest BCUT2D eigenvalue weighted by Gasteiger charge is -2.15. The molecule has 0 aliphatic rings. The average Bonchev–Trinajstić information content (AvgIpc) is 2.87. The van der Waals surface area contributed by atoms with Gasteiger partial charge in [0.1, 0.15) is 4.88 Å². The lowest BCUT2D eigenvalue weighted by atomic mass is 10.0. The van der Waals surface area contributed by atoms with Gasteiger partial charge in [-0.25, -0.2) is 17.9 Å². The molecule has 1 atom stereocenters. The highest BCUT2D eigenvalue weighted by Gasteiger charge is 2.19. The van der Waals surface area contributed by atoms with E-state index in [2.05, 4.69) is 4.72 Å². The standard InChI is InChI=1S/C12H19NO5S2/c1-2-3-9(4-5-14)7-13-20(17,18)10-6-11(12(15)16)19-8-10/h6,8-9,13-14H,2-5,7H2,1H3,(H,15,16). The second kappa shape index (κ2) is 7.72. The van der Waals surface area contributed by atoms with Crippen LogP contribution in [0.4, 0.5) is 0 Å². The normalized spacial score (nSPS) is 13.3. The van der Waals surface area contributed by atoms with Crippen LogP contribution in [0.1, 0.15) is 35.9 Å². The van der Waals surface area contributed by atoms with Crippen LogP contribution in [-0.2, 0) is 10.0 Å². The molecule has 20 heavy (non-hydrogen) atoms. The molecule has 114 valence electrons. The van der Waals surface area contributed by atoms with Gasteiger partial charge in [-0.15, -0.1) is 11.3 Å². The Morgan fingerprint density at radius 1 is 1.45 bits per heavy atom. The molecule has 1 aromatic rings. The van der Waals surface area contributed by atoms with Gasteiger partial charge in [0.05, 0.1) is 4.90 Å². The Morgan fingerprint density at radius 2 is 2.15 bits per heavy atom. The summed E-state index contributed by atoms with van der Waals surface area (Å²) in [6.45, 7) is 2.26. The smallest absolute Gasteiger partial charge is 0.345 e. The topological polar surface area (TPSA) is 104 Å². The molecule has 0 aromatic carbocycles. The maximum absolute atomic E-state index is 12.0. The van der Waals surface area contributed by atoms with Crippen molar-refractivity contribution < 1.29 is 23.4 Å². The van der Waals surface area contributed by atoms with Crippen molar-refractivity contribution in [2.24, 2.45) is 5.92 Å². The number of hydrogen-bond acceptors (Lipinski definition) is 5. The van der Waals surface area contributed by atoms with Gasteiger partial charge in [0, 0.05) is 18.5 Å². The highest BCUT2D eigenvalue weighted by atomic mass is 32.2. The van der Waals surface area contributed by atoms with E-state index in [1.165, 1.54) is 5.38 Å². The summed E-state index contributed by atoms with van der Waals surface area (Å²) in [6.07, 6.45) is 2.28. The summed E-state index contributed by atoms with van der Waals surface area (Å²) in [4.78, 5) is 10.7. The number of sulfonamides is 1. The van der Waals surface area contributed by atoms with E-state index in [4.69, 9.17) is 10.2 Å². The fourth-order valence-electron chi connectivity index (χ4n) is 1.82. The summed E-state index contributed by atoms with van der Waals surface area (Å²) in [5.41, 5.74) is 0. The molecule has 0 saturated carbocycles. The summed E-state index contributed by atoms with van der Waals surface area (Å²) in [6, 6.07) is 1.15. The number of thiophene rings is 1. The molecule has 0 aliphatic carbocycles. The maximum atomic E-state index is 12.0. The molecular formula is C12H19NO5S2. The van der Waals surface area contributed by atoms with Gasteiger partial charge in [-0.2, -0.15) is 0 Å². The van der Waals surface area contributed by atoms with Crippen molar-refractivity contribution in [3.8, 4) is 0 Å². The Bertz CT molecular complexity index is 532. The quantitative estimate of drug-likeness (QED) is 0.640. The van der Waals surface area contributed by atoms with Gasteiger partial charge in [0.15, 0.2) is 0 Å². The van der Waals surface area contributed by atoms with Gasteiger partial charge >= 0.3 is 5.97 Å². The summed E-state index contributed by atoms with van der Waals surface area (Å²) >= 11 is 0.881. The predicted molar refractivity (Wildman–Crippen MR) is 76.6 cm³/mol. The number of hydrogen-bond donors (Lipinski definition) is 3. The van der Waals surface area contributed by atoms with Gasteiger partial charge in [-0.05, 0) is 24.8 Å². The number of rotatable bonds is 9. The Kier molecular flexibility index (Phi) is 6.60. The molecule has 0 amide bonds. The molecule has 0 spiro atoms. The molecule has 6 nitrogen and oxygen atoms in total.